The predicted octanol–water partition coefficient (Wildman–Crippen LogP) is 1.94. The number of rotatable bonds is 3. The molecule has 1 aromatic rings. The molecular weight excluding hydrogens is 270 g/mol. The molecule has 0 aromatic carbocycles. The summed E-state index contributed by atoms with van der Waals surface area (Å²) in [6, 6.07) is 2.16. The van der Waals surface area contributed by atoms with Gasteiger partial charge in [0.05, 0.1) is 11.5 Å². The molecule has 6 nitrogen and oxygen atoms in total. The highest BCUT2D eigenvalue weighted by Crippen LogP contribution is 2.31. The number of carboxylic acid groups (broad SMARTS) is 1. The van der Waals surface area contributed by atoms with Crippen molar-refractivity contribution in [3.05, 3.63) is 18.0 Å². The Labute approximate surface area is 123 Å². The Bertz CT molecular complexity index is 562. The lowest BCUT2D eigenvalue weighted by atomic mass is 9.90. The minimum Gasteiger partial charge on any atom is -0.481 e. The molecule has 0 radical (unpaired) electrons. The van der Waals surface area contributed by atoms with Crippen LogP contribution in [0.4, 0.5) is 0 Å². The number of likely N-dealkylation sites (tertiary alicyclic amines) is 1. The second kappa shape index (κ2) is 5.16. The molecule has 21 heavy (non-hydrogen) atoms. The van der Waals surface area contributed by atoms with E-state index in [-0.39, 0.29) is 12.5 Å². The molecule has 1 N–H and O–H groups in total. The van der Waals surface area contributed by atoms with Gasteiger partial charge in [0.15, 0.2) is 0 Å². The molecule has 1 unspecified atom stereocenters. The zero-order valence-electron chi connectivity index (χ0n) is 12.3. The van der Waals surface area contributed by atoms with Gasteiger partial charge < -0.3 is 10.0 Å². The normalized spacial score (nSPS) is 26.4. The van der Waals surface area contributed by atoms with Gasteiger partial charge in [0.1, 0.15) is 5.69 Å². The third kappa shape index (κ3) is 2.54. The molecule has 1 saturated heterocycles. The first-order valence-corrected chi connectivity index (χ1v) is 7.57. The first kappa shape index (κ1) is 14.1. The number of aromatic nitrogens is 2. The number of nitrogens with zero attached hydrogens (tertiary/aromatic N) is 3. The molecule has 0 spiro atoms. The van der Waals surface area contributed by atoms with E-state index in [1.807, 2.05) is 10.9 Å². The average molecular weight is 291 g/mol. The monoisotopic (exact) mass is 291 g/mol. The summed E-state index contributed by atoms with van der Waals surface area (Å²) < 4.78 is 1.90. The van der Waals surface area contributed by atoms with Crippen LogP contribution in [0.15, 0.2) is 12.3 Å². The van der Waals surface area contributed by atoms with Crippen molar-refractivity contribution in [3.8, 4) is 0 Å². The topological polar surface area (TPSA) is 75.4 Å². The molecule has 3 rings (SSSR count). The van der Waals surface area contributed by atoms with Gasteiger partial charge in [0, 0.05) is 19.3 Å². The van der Waals surface area contributed by atoms with Crippen molar-refractivity contribution in [1.29, 1.82) is 0 Å². The van der Waals surface area contributed by atoms with E-state index >= 15 is 0 Å². The van der Waals surface area contributed by atoms with E-state index in [0.29, 0.717) is 24.7 Å². The molecule has 2 fully saturated rings. The molecule has 2 aliphatic rings. The number of hydrogen-bond donors (Lipinski definition) is 1. The van der Waals surface area contributed by atoms with Crippen molar-refractivity contribution in [2.75, 3.05) is 13.1 Å². The summed E-state index contributed by atoms with van der Waals surface area (Å²) >= 11 is 0. The Balaban J connectivity index is 1.70. The smallest absolute Gasteiger partial charge is 0.311 e. The van der Waals surface area contributed by atoms with Crippen molar-refractivity contribution in [1.82, 2.24) is 14.7 Å². The van der Waals surface area contributed by atoms with Gasteiger partial charge in [-0.25, -0.2) is 0 Å². The van der Waals surface area contributed by atoms with E-state index in [0.717, 1.165) is 12.8 Å². The minimum atomic E-state index is -0.839. The van der Waals surface area contributed by atoms with E-state index in [4.69, 9.17) is 0 Å². The van der Waals surface area contributed by atoms with Gasteiger partial charge in [0.2, 0.25) is 0 Å². The fraction of sp³-hybridized carbons (Fsp3) is 0.667. The van der Waals surface area contributed by atoms with Crippen LogP contribution in [0.2, 0.25) is 0 Å². The van der Waals surface area contributed by atoms with Crippen molar-refractivity contribution in [2.24, 2.45) is 5.41 Å². The Morgan fingerprint density at radius 3 is 2.71 bits per heavy atom. The first-order chi connectivity index (χ1) is 9.99. The maximum Gasteiger partial charge on any atom is 0.311 e. The predicted molar refractivity (Wildman–Crippen MR) is 76.0 cm³/mol. The third-order valence-electron chi connectivity index (χ3n) is 4.80. The van der Waals surface area contributed by atoms with Crippen LogP contribution < -0.4 is 0 Å². The van der Waals surface area contributed by atoms with Gasteiger partial charge in [-0.2, -0.15) is 5.10 Å². The summed E-state index contributed by atoms with van der Waals surface area (Å²) in [6.45, 7) is 2.44. The Hall–Kier alpha value is -1.85. The van der Waals surface area contributed by atoms with Gasteiger partial charge in [-0.05, 0) is 32.3 Å². The Kier molecular flexibility index (Phi) is 3.47. The second-order valence-electron chi connectivity index (χ2n) is 6.46. The van der Waals surface area contributed by atoms with Crippen LogP contribution in [0.1, 0.15) is 55.6 Å². The van der Waals surface area contributed by atoms with Gasteiger partial charge in [0.25, 0.3) is 5.91 Å². The highest BCUT2D eigenvalue weighted by atomic mass is 16.4. The van der Waals surface area contributed by atoms with E-state index in [1.165, 1.54) is 12.8 Å². The fourth-order valence-corrected chi connectivity index (χ4v) is 3.30. The standard InChI is InChI=1S/C15H21N3O3/c1-15(14(20)21)7-9-17(10-15)13(19)12-6-8-18(16-12)11-4-2-3-5-11/h6,8,11H,2-5,7,9-10H2,1H3,(H,20,21). The van der Waals surface area contributed by atoms with Gasteiger partial charge in [-0.15, -0.1) is 0 Å². The molecule has 1 saturated carbocycles. The van der Waals surface area contributed by atoms with Crippen LogP contribution in [0.3, 0.4) is 0 Å². The molecule has 1 atom stereocenters. The van der Waals surface area contributed by atoms with Crippen LogP contribution in [0, 0.1) is 5.41 Å². The molecule has 0 bridgehead atoms. The van der Waals surface area contributed by atoms with Gasteiger partial charge in [-0.1, -0.05) is 12.8 Å². The van der Waals surface area contributed by atoms with Crippen LogP contribution in [0.25, 0.3) is 0 Å². The summed E-state index contributed by atoms with van der Waals surface area (Å²) in [5.74, 6) is -0.994. The number of aliphatic carboxylic acids is 1. The van der Waals surface area contributed by atoms with E-state index < -0.39 is 11.4 Å². The molecule has 1 aliphatic heterocycles. The summed E-state index contributed by atoms with van der Waals surface area (Å²) in [5, 5.41) is 13.6. The Morgan fingerprint density at radius 1 is 1.38 bits per heavy atom. The average Bonchev–Trinajstić information content (AvgIpc) is 3.18. The van der Waals surface area contributed by atoms with E-state index in [9.17, 15) is 14.7 Å². The fourth-order valence-electron chi connectivity index (χ4n) is 3.30. The summed E-state index contributed by atoms with van der Waals surface area (Å²) in [4.78, 5) is 25.3. The van der Waals surface area contributed by atoms with Gasteiger partial charge >= 0.3 is 5.97 Å². The number of hydrogen-bond acceptors (Lipinski definition) is 3. The number of carboxylic acids is 1. The number of amides is 1. The molecule has 1 aromatic heterocycles. The first-order valence-electron chi connectivity index (χ1n) is 7.57. The molecule has 114 valence electrons. The largest absolute Gasteiger partial charge is 0.481 e. The lowest BCUT2D eigenvalue weighted by Crippen LogP contribution is -2.35. The Morgan fingerprint density at radius 2 is 2.10 bits per heavy atom. The molecule has 2 heterocycles. The minimum absolute atomic E-state index is 0.156. The zero-order valence-corrected chi connectivity index (χ0v) is 12.3. The van der Waals surface area contributed by atoms with Crippen LogP contribution in [-0.4, -0.2) is 44.8 Å². The van der Waals surface area contributed by atoms with Crippen molar-refractivity contribution >= 4 is 11.9 Å². The molecule has 1 aliphatic carbocycles. The SMILES string of the molecule is CC1(C(=O)O)CCN(C(=O)c2ccn(C3CCCC3)n2)C1. The number of carbonyl (C=O) groups is 2. The lowest BCUT2D eigenvalue weighted by Gasteiger charge is -2.19. The van der Waals surface area contributed by atoms with E-state index in [1.54, 1.807) is 17.9 Å². The van der Waals surface area contributed by atoms with Crippen molar-refractivity contribution < 1.29 is 14.7 Å². The van der Waals surface area contributed by atoms with Gasteiger partial charge in [-0.3, -0.25) is 14.3 Å². The summed E-state index contributed by atoms with van der Waals surface area (Å²) in [7, 11) is 0. The van der Waals surface area contributed by atoms with Crippen molar-refractivity contribution in [3.63, 3.8) is 0 Å². The highest BCUT2D eigenvalue weighted by molar-refractivity contribution is 5.93. The number of carbonyl (C=O) groups excluding carboxylic acids is 1. The second-order valence-corrected chi connectivity index (χ2v) is 6.46. The maximum atomic E-state index is 12.4. The van der Waals surface area contributed by atoms with E-state index in [2.05, 4.69) is 5.10 Å². The van der Waals surface area contributed by atoms with Crippen LogP contribution >= 0.6 is 0 Å². The zero-order chi connectivity index (χ0) is 15.0. The molecule has 6 heteroatoms. The third-order valence-corrected chi connectivity index (χ3v) is 4.80. The van der Waals surface area contributed by atoms with Crippen LogP contribution in [-0.2, 0) is 4.79 Å². The highest BCUT2D eigenvalue weighted by Gasteiger charge is 2.42. The van der Waals surface area contributed by atoms with Crippen LogP contribution in [0.5, 0.6) is 0 Å². The summed E-state index contributed by atoms with van der Waals surface area (Å²) in [5.41, 5.74) is -0.402. The molecule has 1 amide bonds. The lowest BCUT2D eigenvalue weighted by molar-refractivity contribution is -0.147. The quantitative estimate of drug-likeness (QED) is 0.923. The van der Waals surface area contributed by atoms with Crippen molar-refractivity contribution in [2.45, 2.75) is 45.1 Å². The summed E-state index contributed by atoms with van der Waals surface area (Å²) in [6.07, 6.45) is 7.05. The maximum absolute atomic E-state index is 12.4. The molecular formula is C15H21N3O3.